The van der Waals surface area contributed by atoms with Crippen LogP contribution < -0.4 is 15.4 Å². The first-order valence-electron chi connectivity index (χ1n) is 5.43. The zero-order valence-corrected chi connectivity index (χ0v) is 9.40. The van der Waals surface area contributed by atoms with Gasteiger partial charge in [0.05, 0.1) is 7.11 Å². The molecule has 1 fully saturated rings. The lowest BCUT2D eigenvalue weighted by atomic mass is 10.1. The average molecular weight is 220 g/mol. The third-order valence-corrected chi connectivity index (χ3v) is 2.87. The van der Waals surface area contributed by atoms with Gasteiger partial charge in [0.2, 0.25) is 5.91 Å². The van der Waals surface area contributed by atoms with Gasteiger partial charge in [-0.15, -0.1) is 0 Å². The van der Waals surface area contributed by atoms with E-state index in [4.69, 9.17) is 10.5 Å². The van der Waals surface area contributed by atoms with E-state index in [9.17, 15) is 4.79 Å². The van der Waals surface area contributed by atoms with E-state index in [-0.39, 0.29) is 5.91 Å². The second-order valence-electron chi connectivity index (χ2n) is 3.85. The molecule has 1 saturated heterocycles. The SMILES string of the molecule is COc1ccc(N2CCCC2=O)c(CN)c1. The summed E-state index contributed by atoms with van der Waals surface area (Å²) in [5, 5.41) is 0. The van der Waals surface area contributed by atoms with Crippen LogP contribution >= 0.6 is 0 Å². The van der Waals surface area contributed by atoms with Crippen LogP contribution in [0.4, 0.5) is 5.69 Å². The summed E-state index contributed by atoms with van der Waals surface area (Å²) in [5.74, 6) is 0.954. The number of ether oxygens (including phenoxy) is 1. The van der Waals surface area contributed by atoms with E-state index in [0.29, 0.717) is 13.0 Å². The summed E-state index contributed by atoms with van der Waals surface area (Å²) >= 11 is 0. The van der Waals surface area contributed by atoms with Gasteiger partial charge in [0.1, 0.15) is 5.75 Å². The number of hydrogen-bond donors (Lipinski definition) is 1. The predicted molar refractivity (Wildman–Crippen MR) is 62.5 cm³/mol. The second-order valence-corrected chi connectivity index (χ2v) is 3.85. The molecule has 4 nitrogen and oxygen atoms in total. The van der Waals surface area contributed by atoms with Crippen LogP contribution in [-0.4, -0.2) is 19.6 Å². The molecule has 1 amide bonds. The molecule has 1 heterocycles. The Hall–Kier alpha value is -1.55. The molecular weight excluding hydrogens is 204 g/mol. The van der Waals surface area contributed by atoms with Crippen LogP contribution in [0.3, 0.4) is 0 Å². The summed E-state index contributed by atoms with van der Waals surface area (Å²) in [4.78, 5) is 13.5. The second kappa shape index (κ2) is 4.53. The van der Waals surface area contributed by atoms with Crippen LogP contribution in [0.1, 0.15) is 18.4 Å². The van der Waals surface area contributed by atoms with Gasteiger partial charge in [-0.1, -0.05) is 0 Å². The third-order valence-electron chi connectivity index (χ3n) is 2.87. The molecule has 0 bridgehead atoms. The van der Waals surface area contributed by atoms with Crippen LogP contribution in [0.5, 0.6) is 5.75 Å². The van der Waals surface area contributed by atoms with Crippen molar-refractivity contribution in [2.45, 2.75) is 19.4 Å². The zero-order chi connectivity index (χ0) is 11.5. The fraction of sp³-hybridized carbons (Fsp3) is 0.417. The molecule has 0 radical (unpaired) electrons. The summed E-state index contributed by atoms with van der Waals surface area (Å²) in [6.45, 7) is 1.20. The highest BCUT2D eigenvalue weighted by atomic mass is 16.5. The summed E-state index contributed by atoms with van der Waals surface area (Å²) in [6, 6.07) is 5.66. The number of carbonyl (C=O) groups is 1. The maximum Gasteiger partial charge on any atom is 0.227 e. The van der Waals surface area contributed by atoms with E-state index in [0.717, 1.165) is 30.0 Å². The lowest BCUT2D eigenvalue weighted by Crippen LogP contribution is -2.25. The molecule has 0 unspecified atom stereocenters. The van der Waals surface area contributed by atoms with Crippen molar-refractivity contribution in [3.63, 3.8) is 0 Å². The van der Waals surface area contributed by atoms with Gasteiger partial charge >= 0.3 is 0 Å². The van der Waals surface area contributed by atoms with E-state index in [2.05, 4.69) is 0 Å². The Morgan fingerprint density at radius 3 is 2.88 bits per heavy atom. The van der Waals surface area contributed by atoms with E-state index in [1.165, 1.54) is 0 Å². The number of benzene rings is 1. The van der Waals surface area contributed by atoms with Gasteiger partial charge in [-0.2, -0.15) is 0 Å². The molecule has 0 spiro atoms. The van der Waals surface area contributed by atoms with Gasteiger partial charge in [0, 0.05) is 25.2 Å². The Morgan fingerprint density at radius 2 is 2.31 bits per heavy atom. The molecule has 0 atom stereocenters. The third kappa shape index (κ3) is 1.88. The Balaban J connectivity index is 2.36. The van der Waals surface area contributed by atoms with Crippen molar-refractivity contribution < 1.29 is 9.53 Å². The van der Waals surface area contributed by atoms with Crippen LogP contribution in [-0.2, 0) is 11.3 Å². The van der Waals surface area contributed by atoms with Crippen LogP contribution in [0, 0.1) is 0 Å². The monoisotopic (exact) mass is 220 g/mol. The van der Waals surface area contributed by atoms with Gasteiger partial charge in [0.25, 0.3) is 0 Å². The highest BCUT2D eigenvalue weighted by molar-refractivity contribution is 5.96. The molecule has 1 aliphatic heterocycles. The normalized spacial score (nSPS) is 15.6. The molecule has 1 aromatic carbocycles. The van der Waals surface area contributed by atoms with Gasteiger partial charge in [-0.05, 0) is 30.2 Å². The van der Waals surface area contributed by atoms with Gasteiger partial charge in [0.15, 0.2) is 0 Å². The van der Waals surface area contributed by atoms with Crippen LogP contribution in [0.25, 0.3) is 0 Å². The Labute approximate surface area is 95.0 Å². The lowest BCUT2D eigenvalue weighted by molar-refractivity contribution is -0.117. The van der Waals surface area contributed by atoms with Crippen molar-refractivity contribution in [1.82, 2.24) is 0 Å². The van der Waals surface area contributed by atoms with Crippen molar-refractivity contribution in [3.05, 3.63) is 23.8 Å². The molecule has 4 heteroatoms. The van der Waals surface area contributed by atoms with Crippen molar-refractivity contribution in [1.29, 1.82) is 0 Å². The van der Waals surface area contributed by atoms with Gasteiger partial charge in [-0.25, -0.2) is 0 Å². The Kier molecular flexibility index (Phi) is 3.10. The Morgan fingerprint density at radius 1 is 1.50 bits per heavy atom. The summed E-state index contributed by atoms with van der Waals surface area (Å²) < 4.78 is 5.14. The number of hydrogen-bond acceptors (Lipinski definition) is 3. The number of rotatable bonds is 3. The number of carbonyl (C=O) groups excluding carboxylic acids is 1. The van der Waals surface area contributed by atoms with E-state index >= 15 is 0 Å². The number of nitrogens with zero attached hydrogens (tertiary/aromatic N) is 1. The molecular formula is C12H16N2O2. The summed E-state index contributed by atoms with van der Waals surface area (Å²) in [5.41, 5.74) is 7.57. The molecule has 86 valence electrons. The summed E-state index contributed by atoms with van der Waals surface area (Å²) in [6.07, 6.45) is 1.56. The summed E-state index contributed by atoms with van der Waals surface area (Å²) in [7, 11) is 1.62. The standard InChI is InChI=1S/C12H16N2O2/c1-16-10-4-5-11(9(7-10)8-13)14-6-2-3-12(14)15/h4-5,7H,2-3,6,8,13H2,1H3. The molecule has 1 aromatic rings. The maximum atomic E-state index is 11.7. The van der Waals surface area contributed by atoms with E-state index < -0.39 is 0 Å². The number of anilines is 1. The van der Waals surface area contributed by atoms with Gasteiger partial charge in [-0.3, -0.25) is 4.79 Å². The average Bonchev–Trinajstić information content (AvgIpc) is 2.74. The quantitative estimate of drug-likeness (QED) is 0.834. The highest BCUT2D eigenvalue weighted by Gasteiger charge is 2.23. The molecule has 16 heavy (non-hydrogen) atoms. The number of nitrogens with two attached hydrogens (primary N) is 1. The molecule has 0 aromatic heterocycles. The first-order chi connectivity index (χ1) is 7.76. The minimum absolute atomic E-state index is 0.180. The minimum Gasteiger partial charge on any atom is -0.497 e. The lowest BCUT2D eigenvalue weighted by Gasteiger charge is -2.19. The molecule has 0 aliphatic carbocycles. The van der Waals surface area contributed by atoms with Crippen molar-refractivity contribution in [3.8, 4) is 5.75 Å². The zero-order valence-electron chi connectivity index (χ0n) is 9.40. The highest BCUT2D eigenvalue weighted by Crippen LogP contribution is 2.28. The topological polar surface area (TPSA) is 55.6 Å². The fourth-order valence-corrected chi connectivity index (χ4v) is 2.02. The van der Waals surface area contributed by atoms with Gasteiger partial charge < -0.3 is 15.4 Å². The van der Waals surface area contributed by atoms with Crippen molar-refractivity contribution in [2.24, 2.45) is 5.73 Å². The van der Waals surface area contributed by atoms with Crippen molar-refractivity contribution in [2.75, 3.05) is 18.6 Å². The number of methoxy groups -OCH3 is 1. The largest absolute Gasteiger partial charge is 0.497 e. The Bertz CT molecular complexity index is 404. The predicted octanol–water partition coefficient (Wildman–Crippen LogP) is 1.28. The van der Waals surface area contributed by atoms with E-state index in [1.807, 2.05) is 23.1 Å². The maximum absolute atomic E-state index is 11.7. The minimum atomic E-state index is 0.180. The van der Waals surface area contributed by atoms with E-state index in [1.54, 1.807) is 7.11 Å². The first kappa shape index (κ1) is 11.0. The molecule has 1 aliphatic rings. The molecule has 0 saturated carbocycles. The smallest absolute Gasteiger partial charge is 0.227 e. The van der Waals surface area contributed by atoms with Crippen LogP contribution in [0.2, 0.25) is 0 Å². The number of amides is 1. The molecule has 2 rings (SSSR count). The van der Waals surface area contributed by atoms with Crippen LogP contribution in [0.15, 0.2) is 18.2 Å². The molecule has 2 N–H and O–H groups in total. The van der Waals surface area contributed by atoms with Crippen molar-refractivity contribution >= 4 is 11.6 Å². The first-order valence-corrected chi connectivity index (χ1v) is 5.43. The fourth-order valence-electron chi connectivity index (χ4n) is 2.02.